The van der Waals surface area contributed by atoms with E-state index in [4.69, 9.17) is 9.15 Å². The van der Waals surface area contributed by atoms with Gasteiger partial charge in [0.15, 0.2) is 0 Å². The van der Waals surface area contributed by atoms with E-state index < -0.39 is 0 Å². The predicted molar refractivity (Wildman–Crippen MR) is 98.4 cm³/mol. The van der Waals surface area contributed by atoms with Gasteiger partial charge in [-0.1, -0.05) is 12.1 Å². The Bertz CT molecular complexity index is 1160. The van der Waals surface area contributed by atoms with E-state index in [0.29, 0.717) is 11.5 Å². The second-order valence-corrected chi connectivity index (χ2v) is 7.22. The molecule has 0 radical (unpaired) electrons. The predicted octanol–water partition coefficient (Wildman–Crippen LogP) is 4.30. The van der Waals surface area contributed by atoms with Crippen LogP contribution in [0.1, 0.15) is 21.6 Å². The molecule has 0 N–H and O–H groups in total. The van der Waals surface area contributed by atoms with Crippen LogP contribution >= 0.6 is 11.3 Å². The highest BCUT2D eigenvalue weighted by atomic mass is 32.1. The summed E-state index contributed by atoms with van der Waals surface area (Å²) in [6, 6.07) is 7.26. The Kier molecular flexibility index (Phi) is 3.77. The molecule has 0 bridgehead atoms. The van der Waals surface area contributed by atoms with Gasteiger partial charge in [-0.05, 0) is 38.0 Å². The third-order valence-electron chi connectivity index (χ3n) is 4.28. The third kappa shape index (κ3) is 2.78. The molecule has 1 aromatic carbocycles. The van der Waals surface area contributed by atoms with Crippen LogP contribution < -0.4 is 10.4 Å². The van der Waals surface area contributed by atoms with Crippen molar-refractivity contribution in [3.63, 3.8) is 0 Å². The molecule has 0 atom stereocenters. The Hall–Kier alpha value is -2.73. The van der Waals surface area contributed by atoms with Gasteiger partial charge < -0.3 is 9.15 Å². The largest absolute Gasteiger partial charge is 0.472 e. The molecule has 4 aromatic rings. The van der Waals surface area contributed by atoms with E-state index in [1.807, 2.05) is 32.0 Å². The lowest BCUT2D eigenvalue weighted by molar-refractivity contribution is 0.298. The van der Waals surface area contributed by atoms with E-state index in [0.717, 1.165) is 32.3 Å². The highest BCUT2D eigenvalue weighted by Crippen LogP contribution is 2.34. The molecule has 126 valence electrons. The van der Waals surface area contributed by atoms with Crippen molar-refractivity contribution < 1.29 is 9.15 Å². The molecule has 0 spiro atoms. The molecule has 0 fully saturated rings. The lowest BCUT2D eigenvalue weighted by Gasteiger charge is -2.09. The lowest BCUT2D eigenvalue weighted by Crippen LogP contribution is -2.05. The molecular formula is C19H16N2O3S. The second kappa shape index (κ2) is 5.97. The Morgan fingerprint density at radius 2 is 2.00 bits per heavy atom. The van der Waals surface area contributed by atoms with Crippen LogP contribution in [0.4, 0.5) is 0 Å². The summed E-state index contributed by atoms with van der Waals surface area (Å²) < 4.78 is 11.3. The normalized spacial score (nSPS) is 11.3. The molecule has 0 unspecified atom stereocenters. The van der Waals surface area contributed by atoms with Gasteiger partial charge in [-0.15, -0.1) is 11.3 Å². The molecule has 5 nitrogen and oxygen atoms in total. The fourth-order valence-corrected chi connectivity index (χ4v) is 3.85. The van der Waals surface area contributed by atoms with Crippen LogP contribution in [0.3, 0.4) is 0 Å². The minimum absolute atomic E-state index is 0.242. The lowest BCUT2D eigenvalue weighted by atomic mass is 10.1. The average Bonchev–Trinajstić information content (AvgIpc) is 2.87. The monoisotopic (exact) mass is 352 g/mol. The molecular weight excluding hydrogens is 336 g/mol. The van der Waals surface area contributed by atoms with Crippen LogP contribution in [0.15, 0.2) is 39.8 Å². The zero-order valence-electron chi connectivity index (χ0n) is 14.1. The highest BCUT2D eigenvalue weighted by Gasteiger charge is 2.14. The highest BCUT2D eigenvalue weighted by molar-refractivity contribution is 7.18. The summed E-state index contributed by atoms with van der Waals surface area (Å²) in [6.45, 7) is 6.30. The van der Waals surface area contributed by atoms with Crippen molar-refractivity contribution in [3.05, 3.63) is 62.6 Å². The first-order valence-corrected chi connectivity index (χ1v) is 8.71. The standard InChI is InChI=1S/C19H16N2O3S/c1-10-4-5-14-13(7-16(22)24-15(14)6-10)8-23-18-17-11(2)12(3)25-19(17)21-9-20-18/h4-7,9H,8H2,1-3H3. The first-order valence-electron chi connectivity index (χ1n) is 7.90. The number of aromatic nitrogens is 2. The van der Waals surface area contributed by atoms with Gasteiger partial charge in [0, 0.05) is 21.9 Å². The molecule has 6 heteroatoms. The number of rotatable bonds is 3. The summed E-state index contributed by atoms with van der Waals surface area (Å²) >= 11 is 1.63. The van der Waals surface area contributed by atoms with E-state index in [2.05, 4.69) is 16.9 Å². The number of hydrogen-bond donors (Lipinski definition) is 0. The maximum atomic E-state index is 11.9. The van der Waals surface area contributed by atoms with Gasteiger partial charge in [0.25, 0.3) is 0 Å². The molecule has 4 rings (SSSR count). The molecule has 0 aliphatic heterocycles. The van der Waals surface area contributed by atoms with Gasteiger partial charge in [-0.2, -0.15) is 0 Å². The van der Waals surface area contributed by atoms with E-state index in [-0.39, 0.29) is 12.2 Å². The van der Waals surface area contributed by atoms with Crippen LogP contribution in [0.5, 0.6) is 5.88 Å². The summed E-state index contributed by atoms with van der Waals surface area (Å²) in [7, 11) is 0. The van der Waals surface area contributed by atoms with Crippen molar-refractivity contribution in [3.8, 4) is 5.88 Å². The van der Waals surface area contributed by atoms with Gasteiger partial charge in [-0.3, -0.25) is 0 Å². The van der Waals surface area contributed by atoms with E-state index in [1.54, 1.807) is 11.3 Å². The van der Waals surface area contributed by atoms with Crippen LogP contribution in [0.2, 0.25) is 0 Å². The number of benzene rings is 1. The van der Waals surface area contributed by atoms with E-state index in [9.17, 15) is 4.79 Å². The quantitative estimate of drug-likeness (QED) is 0.514. The maximum absolute atomic E-state index is 11.9. The minimum atomic E-state index is -0.382. The molecule has 0 amide bonds. The Balaban J connectivity index is 1.75. The summed E-state index contributed by atoms with van der Waals surface area (Å²) in [4.78, 5) is 22.6. The fourth-order valence-electron chi connectivity index (χ4n) is 2.86. The van der Waals surface area contributed by atoms with Gasteiger partial charge >= 0.3 is 5.63 Å². The fraction of sp³-hybridized carbons (Fsp3) is 0.211. The van der Waals surface area contributed by atoms with Crippen molar-refractivity contribution >= 4 is 32.5 Å². The molecule has 25 heavy (non-hydrogen) atoms. The molecule has 0 saturated heterocycles. The summed E-state index contributed by atoms with van der Waals surface area (Å²) in [5, 5.41) is 1.81. The van der Waals surface area contributed by atoms with Crippen LogP contribution in [-0.4, -0.2) is 9.97 Å². The van der Waals surface area contributed by atoms with Crippen molar-refractivity contribution in [2.24, 2.45) is 0 Å². The average molecular weight is 352 g/mol. The Morgan fingerprint density at radius 1 is 1.16 bits per heavy atom. The molecule has 0 saturated carbocycles. The molecule has 3 aromatic heterocycles. The Labute approximate surface area is 147 Å². The van der Waals surface area contributed by atoms with Crippen molar-refractivity contribution in [2.75, 3.05) is 0 Å². The third-order valence-corrected chi connectivity index (χ3v) is 5.40. The van der Waals surface area contributed by atoms with Crippen molar-refractivity contribution in [2.45, 2.75) is 27.4 Å². The SMILES string of the molecule is Cc1ccc2c(COc3ncnc4sc(C)c(C)c34)cc(=O)oc2c1. The first-order chi connectivity index (χ1) is 12.0. The summed E-state index contributed by atoms with van der Waals surface area (Å²) in [5.41, 5.74) is 3.13. The molecule has 0 aliphatic carbocycles. The molecule has 0 aliphatic rings. The van der Waals surface area contributed by atoms with Crippen molar-refractivity contribution in [1.29, 1.82) is 0 Å². The number of aryl methyl sites for hydroxylation is 3. The van der Waals surface area contributed by atoms with Gasteiger partial charge in [0.2, 0.25) is 5.88 Å². The zero-order chi connectivity index (χ0) is 17.6. The van der Waals surface area contributed by atoms with E-state index in [1.165, 1.54) is 17.3 Å². The number of thiophene rings is 1. The van der Waals surface area contributed by atoms with Gasteiger partial charge in [-0.25, -0.2) is 14.8 Å². The first kappa shape index (κ1) is 15.8. The van der Waals surface area contributed by atoms with Gasteiger partial charge in [0.1, 0.15) is 23.3 Å². The van der Waals surface area contributed by atoms with E-state index >= 15 is 0 Å². The van der Waals surface area contributed by atoms with Crippen molar-refractivity contribution in [1.82, 2.24) is 9.97 Å². The number of hydrogen-bond acceptors (Lipinski definition) is 6. The second-order valence-electron chi connectivity index (χ2n) is 6.02. The van der Waals surface area contributed by atoms with Crippen LogP contribution in [0.25, 0.3) is 21.2 Å². The van der Waals surface area contributed by atoms with Crippen LogP contribution in [0, 0.1) is 20.8 Å². The maximum Gasteiger partial charge on any atom is 0.336 e. The number of ether oxygens (including phenoxy) is 1. The number of nitrogens with zero attached hydrogens (tertiary/aromatic N) is 2. The Morgan fingerprint density at radius 3 is 2.84 bits per heavy atom. The summed E-state index contributed by atoms with van der Waals surface area (Å²) in [5.74, 6) is 0.542. The molecule has 3 heterocycles. The van der Waals surface area contributed by atoms with Gasteiger partial charge in [0.05, 0.1) is 5.39 Å². The smallest absolute Gasteiger partial charge is 0.336 e. The minimum Gasteiger partial charge on any atom is -0.472 e. The topological polar surface area (TPSA) is 65.2 Å². The van der Waals surface area contributed by atoms with Crippen LogP contribution in [-0.2, 0) is 6.61 Å². The summed E-state index contributed by atoms with van der Waals surface area (Å²) in [6.07, 6.45) is 1.51. The number of fused-ring (bicyclic) bond motifs is 2. The zero-order valence-corrected chi connectivity index (χ0v) is 14.9.